The van der Waals surface area contributed by atoms with E-state index in [0.29, 0.717) is 26.2 Å². The summed E-state index contributed by atoms with van der Waals surface area (Å²) in [5.74, 6) is -0.365. The molecule has 1 aliphatic rings. The molecule has 2 heterocycles. The molecule has 0 aliphatic carbocycles. The minimum absolute atomic E-state index is 0.00870. The quantitative estimate of drug-likeness (QED) is 0.822. The SMILES string of the molecule is CC(C)(C)OC(=O)N1CCCCN(C(=O)c2nonc2N)CC1. The van der Waals surface area contributed by atoms with E-state index in [9.17, 15) is 9.59 Å². The highest BCUT2D eigenvalue weighted by Crippen LogP contribution is 2.14. The Morgan fingerprint density at radius 3 is 2.26 bits per heavy atom. The van der Waals surface area contributed by atoms with Crippen molar-refractivity contribution in [3.05, 3.63) is 5.69 Å². The van der Waals surface area contributed by atoms with Gasteiger partial charge in [-0.2, -0.15) is 0 Å². The fourth-order valence-electron chi connectivity index (χ4n) is 2.28. The zero-order valence-electron chi connectivity index (χ0n) is 13.7. The van der Waals surface area contributed by atoms with E-state index in [1.54, 1.807) is 9.80 Å². The molecular formula is C14H23N5O4. The second-order valence-electron chi connectivity index (χ2n) is 6.46. The summed E-state index contributed by atoms with van der Waals surface area (Å²) < 4.78 is 9.86. The third-order valence-corrected chi connectivity index (χ3v) is 3.40. The van der Waals surface area contributed by atoms with Crippen molar-refractivity contribution in [3.63, 3.8) is 0 Å². The van der Waals surface area contributed by atoms with E-state index in [2.05, 4.69) is 14.9 Å². The van der Waals surface area contributed by atoms with Crippen molar-refractivity contribution in [1.29, 1.82) is 0 Å². The number of hydrogen-bond donors (Lipinski definition) is 1. The van der Waals surface area contributed by atoms with Crippen LogP contribution in [-0.4, -0.2) is 63.9 Å². The fraction of sp³-hybridized carbons (Fsp3) is 0.714. The van der Waals surface area contributed by atoms with E-state index in [0.717, 1.165) is 12.8 Å². The standard InChI is InChI=1S/C14H23N5O4/c1-14(2,3)22-13(21)19-7-5-4-6-18(8-9-19)12(20)10-11(15)17-23-16-10/h4-9H2,1-3H3,(H2,15,17). The Labute approximate surface area is 134 Å². The number of nitrogens with two attached hydrogens (primary N) is 1. The van der Waals surface area contributed by atoms with Gasteiger partial charge in [-0.1, -0.05) is 0 Å². The van der Waals surface area contributed by atoms with E-state index in [4.69, 9.17) is 10.5 Å². The van der Waals surface area contributed by atoms with Gasteiger partial charge in [0.15, 0.2) is 0 Å². The zero-order valence-corrected chi connectivity index (χ0v) is 13.7. The summed E-state index contributed by atoms with van der Waals surface area (Å²) >= 11 is 0. The second kappa shape index (κ2) is 6.84. The van der Waals surface area contributed by atoms with Gasteiger partial charge in [0.2, 0.25) is 11.5 Å². The van der Waals surface area contributed by atoms with Gasteiger partial charge >= 0.3 is 6.09 Å². The molecule has 0 unspecified atom stereocenters. The molecule has 2 rings (SSSR count). The summed E-state index contributed by atoms with van der Waals surface area (Å²) in [5.41, 5.74) is 5.03. The number of nitrogens with zero attached hydrogens (tertiary/aromatic N) is 4. The maximum atomic E-state index is 12.4. The van der Waals surface area contributed by atoms with Gasteiger partial charge in [0.05, 0.1) is 0 Å². The number of amides is 2. The molecule has 1 fully saturated rings. The molecule has 9 heteroatoms. The second-order valence-corrected chi connectivity index (χ2v) is 6.46. The number of hydrogen-bond acceptors (Lipinski definition) is 7. The van der Waals surface area contributed by atoms with E-state index in [1.807, 2.05) is 20.8 Å². The van der Waals surface area contributed by atoms with Crippen LogP contribution < -0.4 is 5.73 Å². The average molecular weight is 325 g/mol. The van der Waals surface area contributed by atoms with Crippen LogP contribution in [0.15, 0.2) is 4.63 Å². The highest BCUT2D eigenvalue weighted by atomic mass is 16.6. The van der Waals surface area contributed by atoms with Gasteiger partial charge in [0.1, 0.15) is 5.60 Å². The van der Waals surface area contributed by atoms with Gasteiger partial charge < -0.3 is 20.3 Å². The highest BCUT2D eigenvalue weighted by molar-refractivity contribution is 5.96. The lowest BCUT2D eigenvalue weighted by Crippen LogP contribution is -2.45. The van der Waals surface area contributed by atoms with Crippen molar-refractivity contribution in [2.75, 3.05) is 31.9 Å². The van der Waals surface area contributed by atoms with E-state index >= 15 is 0 Å². The van der Waals surface area contributed by atoms with Gasteiger partial charge in [0, 0.05) is 26.2 Å². The van der Waals surface area contributed by atoms with Gasteiger partial charge in [-0.3, -0.25) is 4.79 Å². The molecule has 0 saturated carbocycles. The number of rotatable bonds is 1. The Hall–Kier alpha value is -2.32. The van der Waals surface area contributed by atoms with E-state index in [1.165, 1.54) is 0 Å². The van der Waals surface area contributed by atoms with Crippen LogP contribution in [-0.2, 0) is 4.74 Å². The third kappa shape index (κ3) is 4.57. The fourth-order valence-corrected chi connectivity index (χ4v) is 2.28. The molecule has 0 atom stereocenters. The Kier molecular flexibility index (Phi) is 5.07. The maximum absolute atomic E-state index is 12.4. The van der Waals surface area contributed by atoms with Crippen LogP contribution in [0.1, 0.15) is 44.1 Å². The largest absolute Gasteiger partial charge is 0.444 e. The van der Waals surface area contributed by atoms with Gasteiger partial charge in [0.25, 0.3) is 5.91 Å². The molecule has 128 valence electrons. The minimum atomic E-state index is -0.546. The topological polar surface area (TPSA) is 115 Å². The van der Waals surface area contributed by atoms with Crippen LogP contribution in [0.3, 0.4) is 0 Å². The number of anilines is 1. The molecule has 1 aliphatic heterocycles. The first kappa shape index (κ1) is 17.0. The predicted octanol–water partition coefficient (Wildman–Crippen LogP) is 1.12. The molecule has 2 amide bonds. The van der Waals surface area contributed by atoms with Crippen molar-refractivity contribution >= 4 is 17.8 Å². The molecule has 0 bridgehead atoms. The number of carbonyl (C=O) groups excluding carboxylic acids is 2. The normalized spacial score (nSPS) is 16.7. The summed E-state index contributed by atoms with van der Waals surface area (Å²) in [6.45, 7) is 7.44. The highest BCUT2D eigenvalue weighted by Gasteiger charge is 2.27. The van der Waals surface area contributed by atoms with Crippen molar-refractivity contribution < 1.29 is 19.0 Å². The van der Waals surface area contributed by atoms with E-state index in [-0.39, 0.29) is 23.5 Å². The van der Waals surface area contributed by atoms with Gasteiger partial charge in [-0.15, -0.1) is 0 Å². The van der Waals surface area contributed by atoms with Crippen LogP contribution in [0.5, 0.6) is 0 Å². The Morgan fingerprint density at radius 2 is 1.70 bits per heavy atom. The minimum Gasteiger partial charge on any atom is -0.444 e. The number of carbonyl (C=O) groups is 2. The zero-order chi connectivity index (χ0) is 17.0. The van der Waals surface area contributed by atoms with Crippen molar-refractivity contribution in [2.45, 2.75) is 39.2 Å². The van der Waals surface area contributed by atoms with E-state index < -0.39 is 5.60 Å². The summed E-state index contributed by atoms with van der Waals surface area (Å²) in [6.07, 6.45) is 1.20. The Morgan fingerprint density at radius 1 is 1.09 bits per heavy atom. The van der Waals surface area contributed by atoms with Crippen LogP contribution in [0, 0.1) is 0 Å². The molecule has 0 aromatic carbocycles. The summed E-state index contributed by atoms with van der Waals surface area (Å²) in [5, 5.41) is 6.96. The Bertz CT molecular complexity index is 566. The van der Waals surface area contributed by atoms with Gasteiger partial charge in [-0.05, 0) is 43.9 Å². The van der Waals surface area contributed by atoms with Gasteiger partial charge in [-0.25, -0.2) is 9.42 Å². The predicted molar refractivity (Wildman–Crippen MR) is 81.7 cm³/mol. The molecule has 0 spiro atoms. The molecule has 9 nitrogen and oxygen atoms in total. The number of nitrogen functional groups attached to an aromatic ring is 1. The molecule has 2 N–H and O–H groups in total. The van der Waals surface area contributed by atoms with Crippen LogP contribution >= 0.6 is 0 Å². The molecule has 1 aromatic rings. The monoisotopic (exact) mass is 325 g/mol. The first-order valence-electron chi connectivity index (χ1n) is 7.63. The summed E-state index contributed by atoms with van der Waals surface area (Å²) in [4.78, 5) is 27.8. The van der Waals surface area contributed by atoms with Crippen LogP contribution in [0.25, 0.3) is 0 Å². The summed E-state index contributed by atoms with van der Waals surface area (Å²) in [7, 11) is 0. The molecule has 1 aromatic heterocycles. The maximum Gasteiger partial charge on any atom is 0.410 e. The van der Waals surface area contributed by atoms with Crippen LogP contribution in [0.2, 0.25) is 0 Å². The average Bonchev–Trinajstić information content (AvgIpc) is 2.82. The third-order valence-electron chi connectivity index (χ3n) is 3.40. The molecule has 0 radical (unpaired) electrons. The molecule has 1 saturated heterocycles. The lowest BCUT2D eigenvalue weighted by Gasteiger charge is -2.32. The molecule has 23 heavy (non-hydrogen) atoms. The van der Waals surface area contributed by atoms with Crippen LogP contribution in [0.4, 0.5) is 10.6 Å². The lowest BCUT2D eigenvalue weighted by atomic mass is 10.2. The number of aromatic nitrogens is 2. The first-order chi connectivity index (χ1) is 10.8. The smallest absolute Gasteiger partial charge is 0.410 e. The molecular weight excluding hydrogens is 302 g/mol. The van der Waals surface area contributed by atoms with Crippen molar-refractivity contribution in [3.8, 4) is 0 Å². The van der Waals surface area contributed by atoms with Crippen molar-refractivity contribution in [2.24, 2.45) is 0 Å². The van der Waals surface area contributed by atoms with Crippen molar-refractivity contribution in [1.82, 2.24) is 20.1 Å². The Balaban J connectivity index is 2.00. The lowest BCUT2D eigenvalue weighted by molar-refractivity contribution is 0.0204. The summed E-state index contributed by atoms with van der Waals surface area (Å²) in [6, 6.07) is 0. The first-order valence-corrected chi connectivity index (χ1v) is 7.63. The number of ether oxygens (including phenoxy) is 1.